The number of anilines is 2. The Bertz CT molecular complexity index is 559. The normalized spacial score (nSPS) is 10.2. The fourth-order valence-corrected chi connectivity index (χ4v) is 1.63. The van der Waals surface area contributed by atoms with Crippen molar-refractivity contribution in [3.05, 3.63) is 42.0 Å². The molecule has 0 aliphatic rings. The Morgan fingerprint density at radius 3 is 2.76 bits per heavy atom. The summed E-state index contributed by atoms with van der Waals surface area (Å²) in [6.07, 6.45) is 5.04. The number of nitrogen functional groups attached to an aromatic ring is 1. The molecule has 0 saturated heterocycles. The lowest BCUT2D eigenvalue weighted by molar-refractivity contribution is 0.101. The molecule has 3 N–H and O–H groups in total. The average Bonchev–Trinajstić information content (AvgIpc) is 2.58. The minimum Gasteiger partial charge on any atom is -0.397 e. The van der Waals surface area contributed by atoms with Crippen molar-refractivity contribution in [3.8, 4) is 0 Å². The van der Waals surface area contributed by atoms with Crippen molar-refractivity contribution >= 4 is 17.3 Å². The Morgan fingerprint density at radius 2 is 2.18 bits per heavy atom. The van der Waals surface area contributed by atoms with Gasteiger partial charge in [-0.2, -0.15) is 0 Å². The van der Waals surface area contributed by atoms with Crippen LogP contribution in [0.25, 0.3) is 0 Å². The summed E-state index contributed by atoms with van der Waals surface area (Å²) >= 11 is 0. The third-order valence-corrected chi connectivity index (χ3v) is 2.39. The molecule has 1 amide bonds. The first-order valence-electron chi connectivity index (χ1n) is 5.21. The molecule has 0 fully saturated rings. The number of nitrogens with one attached hydrogen (secondary N) is 1. The molecule has 0 saturated carbocycles. The molecule has 0 radical (unpaired) electrons. The molecular formula is C12H14N4O. The molecule has 0 aromatic carbocycles. The van der Waals surface area contributed by atoms with Crippen LogP contribution in [0.5, 0.6) is 0 Å². The molecule has 2 aromatic heterocycles. The van der Waals surface area contributed by atoms with Gasteiger partial charge in [-0.25, -0.2) is 0 Å². The number of carbonyl (C=O) groups excluding carboxylic acids is 1. The van der Waals surface area contributed by atoms with E-state index >= 15 is 0 Å². The van der Waals surface area contributed by atoms with Crippen molar-refractivity contribution in [3.63, 3.8) is 0 Å². The Hall–Kier alpha value is -2.30. The highest BCUT2D eigenvalue weighted by molar-refractivity contribution is 6.03. The van der Waals surface area contributed by atoms with Crippen LogP contribution in [0.1, 0.15) is 16.1 Å². The number of carbonyl (C=O) groups is 1. The van der Waals surface area contributed by atoms with Gasteiger partial charge >= 0.3 is 0 Å². The zero-order chi connectivity index (χ0) is 12.4. The minimum absolute atomic E-state index is 0.198. The van der Waals surface area contributed by atoms with Crippen molar-refractivity contribution in [2.24, 2.45) is 7.05 Å². The van der Waals surface area contributed by atoms with E-state index in [1.165, 1.54) is 0 Å². The molecule has 0 unspecified atom stereocenters. The summed E-state index contributed by atoms with van der Waals surface area (Å²) in [6, 6.07) is 3.50. The third-order valence-electron chi connectivity index (χ3n) is 2.39. The lowest BCUT2D eigenvalue weighted by Crippen LogP contribution is -2.15. The topological polar surface area (TPSA) is 72.9 Å². The van der Waals surface area contributed by atoms with Crippen LogP contribution < -0.4 is 11.1 Å². The highest BCUT2D eigenvalue weighted by Crippen LogP contribution is 2.12. The van der Waals surface area contributed by atoms with Crippen molar-refractivity contribution in [2.45, 2.75) is 6.92 Å². The number of nitrogens with two attached hydrogens (primary N) is 1. The van der Waals surface area contributed by atoms with Crippen LogP contribution in [0, 0.1) is 6.92 Å². The van der Waals surface area contributed by atoms with Gasteiger partial charge in [-0.1, -0.05) is 0 Å². The summed E-state index contributed by atoms with van der Waals surface area (Å²) in [5, 5.41) is 2.78. The number of hydrogen-bond acceptors (Lipinski definition) is 3. The molecular weight excluding hydrogens is 216 g/mol. The molecule has 2 aromatic rings. The molecule has 88 valence electrons. The van der Waals surface area contributed by atoms with Crippen LogP contribution in [0.2, 0.25) is 0 Å². The number of hydrogen-bond donors (Lipinski definition) is 2. The van der Waals surface area contributed by atoms with Gasteiger partial charge in [0.15, 0.2) is 0 Å². The molecule has 2 rings (SSSR count). The number of nitrogens with zero attached hydrogens (tertiary/aromatic N) is 2. The van der Waals surface area contributed by atoms with Gasteiger partial charge in [0.25, 0.3) is 5.91 Å². The zero-order valence-electron chi connectivity index (χ0n) is 9.77. The number of rotatable bonds is 2. The minimum atomic E-state index is -0.198. The van der Waals surface area contributed by atoms with Crippen LogP contribution in [0.3, 0.4) is 0 Å². The monoisotopic (exact) mass is 230 g/mol. The van der Waals surface area contributed by atoms with Crippen molar-refractivity contribution < 1.29 is 4.79 Å². The molecule has 0 atom stereocenters. The van der Waals surface area contributed by atoms with Gasteiger partial charge < -0.3 is 15.6 Å². The van der Waals surface area contributed by atoms with Crippen LogP contribution in [0.15, 0.2) is 30.7 Å². The molecule has 0 bridgehead atoms. The smallest absolute Gasteiger partial charge is 0.272 e. The second-order valence-corrected chi connectivity index (χ2v) is 3.97. The maximum Gasteiger partial charge on any atom is 0.272 e. The number of amides is 1. The van der Waals surface area contributed by atoms with Gasteiger partial charge in [-0.15, -0.1) is 0 Å². The first kappa shape index (κ1) is 11.2. The fraction of sp³-hybridized carbons (Fsp3) is 0.167. The highest BCUT2D eigenvalue weighted by atomic mass is 16.1. The summed E-state index contributed by atoms with van der Waals surface area (Å²) in [7, 11) is 1.78. The lowest BCUT2D eigenvalue weighted by atomic mass is 10.3. The van der Waals surface area contributed by atoms with Crippen molar-refractivity contribution in [2.75, 3.05) is 11.1 Å². The van der Waals surface area contributed by atoms with Gasteiger partial charge in [0.2, 0.25) is 0 Å². The third kappa shape index (κ3) is 2.44. The summed E-state index contributed by atoms with van der Waals surface area (Å²) in [4.78, 5) is 16.0. The van der Waals surface area contributed by atoms with Gasteiger partial charge in [0.1, 0.15) is 5.69 Å². The van der Waals surface area contributed by atoms with E-state index in [0.717, 1.165) is 5.56 Å². The van der Waals surface area contributed by atoms with E-state index in [1.807, 2.05) is 13.0 Å². The van der Waals surface area contributed by atoms with Crippen LogP contribution >= 0.6 is 0 Å². The zero-order valence-corrected chi connectivity index (χ0v) is 9.77. The quantitative estimate of drug-likeness (QED) is 0.822. The fourth-order valence-electron chi connectivity index (χ4n) is 1.63. The first-order valence-corrected chi connectivity index (χ1v) is 5.21. The number of aryl methyl sites for hydroxylation is 2. The molecule has 5 nitrogen and oxygen atoms in total. The lowest BCUT2D eigenvalue weighted by Gasteiger charge is -2.05. The maximum atomic E-state index is 11.9. The summed E-state index contributed by atoms with van der Waals surface area (Å²) in [6.45, 7) is 1.92. The largest absolute Gasteiger partial charge is 0.397 e. The van der Waals surface area contributed by atoms with E-state index in [4.69, 9.17) is 5.73 Å². The Kier molecular flexibility index (Phi) is 2.82. The van der Waals surface area contributed by atoms with Gasteiger partial charge in [-0.05, 0) is 24.6 Å². The summed E-state index contributed by atoms with van der Waals surface area (Å²) in [5.41, 5.74) is 8.38. The summed E-state index contributed by atoms with van der Waals surface area (Å²) in [5.74, 6) is -0.198. The first-order chi connectivity index (χ1) is 8.06. The predicted octanol–water partition coefficient (Wildman–Crippen LogP) is 1.56. The van der Waals surface area contributed by atoms with E-state index in [2.05, 4.69) is 10.3 Å². The molecule has 2 heterocycles. The van der Waals surface area contributed by atoms with Gasteiger partial charge in [0.05, 0.1) is 17.6 Å². The summed E-state index contributed by atoms with van der Waals surface area (Å²) < 4.78 is 1.69. The predicted molar refractivity (Wildman–Crippen MR) is 66.8 cm³/mol. The van der Waals surface area contributed by atoms with E-state index in [-0.39, 0.29) is 5.91 Å². The second kappa shape index (κ2) is 4.29. The molecule has 0 spiro atoms. The van der Waals surface area contributed by atoms with Crippen molar-refractivity contribution in [1.82, 2.24) is 9.55 Å². The average molecular weight is 230 g/mol. The second-order valence-electron chi connectivity index (χ2n) is 3.97. The van der Waals surface area contributed by atoms with E-state index in [1.54, 1.807) is 36.3 Å². The Labute approximate surface area is 99.3 Å². The Morgan fingerprint density at radius 1 is 1.41 bits per heavy atom. The molecule has 5 heteroatoms. The molecule has 0 aliphatic carbocycles. The Balaban J connectivity index is 2.20. The van der Waals surface area contributed by atoms with Gasteiger partial charge in [0, 0.05) is 19.4 Å². The SMILES string of the molecule is Cc1cncc(NC(=O)c2cc(N)cn2C)c1. The number of pyridine rings is 1. The van der Waals surface area contributed by atoms with Crippen LogP contribution in [-0.4, -0.2) is 15.5 Å². The molecule has 17 heavy (non-hydrogen) atoms. The van der Waals surface area contributed by atoms with Crippen molar-refractivity contribution in [1.29, 1.82) is 0 Å². The van der Waals surface area contributed by atoms with Crippen LogP contribution in [0.4, 0.5) is 11.4 Å². The standard InChI is InChI=1S/C12H14N4O/c1-8-3-10(6-14-5-8)15-12(17)11-4-9(13)7-16(11)2/h3-7H,13H2,1-2H3,(H,15,17). The van der Waals surface area contributed by atoms with Crippen LogP contribution in [-0.2, 0) is 7.05 Å². The maximum absolute atomic E-state index is 11.9. The van der Waals surface area contributed by atoms with E-state index in [9.17, 15) is 4.79 Å². The molecule has 0 aliphatic heterocycles. The van der Waals surface area contributed by atoms with Gasteiger partial charge in [-0.3, -0.25) is 9.78 Å². The van der Waals surface area contributed by atoms with E-state index in [0.29, 0.717) is 17.1 Å². The van der Waals surface area contributed by atoms with E-state index < -0.39 is 0 Å². The number of aromatic nitrogens is 2. The highest BCUT2D eigenvalue weighted by Gasteiger charge is 2.11.